The lowest BCUT2D eigenvalue weighted by Crippen LogP contribution is -2.36. The van der Waals surface area contributed by atoms with E-state index in [-0.39, 0.29) is 11.3 Å². The van der Waals surface area contributed by atoms with Crippen LogP contribution in [0.4, 0.5) is 0 Å². The van der Waals surface area contributed by atoms with E-state index in [9.17, 15) is 4.79 Å². The zero-order valence-corrected chi connectivity index (χ0v) is 12.7. The fourth-order valence-corrected chi connectivity index (χ4v) is 2.72. The number of hydrogen-bond donors (Lipinski definition) is 1. The molecule has 0 unspecified atom stereocenters. The van der Waals surface area contributed by atoms with E-state index in [0.29, 0.717) is 6.54 Å². The average Bonchev–Trinajstić information content (AvgIpc) is 3.37. The highest BCUT2D eigenvalue weighted by Gasteiger charge is 2.45. The molecule has 0 bridgehead atoms. The van der Waals surface area contributed by atoms with Crippen LogP contribution < -0.4 is 5.32 Å². The number of nitrogens with zero attached hydrogens (tertiary/aromatic N) is 1. The van der Waals surface area contributed by atoms with Crippen molar-refractivity contribution in [2.24, 2.45) is 0 Å². The number of pyridine rings is 1. The summed E-state index contributed by atoms with van der Waals surface area (Å²) in [7, 11) is 1.56. The molecular formula is C18H20N2O2. The van der Waals surface area contributed by atoms with E-state index in [4.69, 9.17) is 4.74 Å². The van der Waals surface area contributed by atoms with E-state index >= 15 is 0 Å². The van der Waals surface area contributed by atoms with Crippen molar-refractivity contribution >= 4 is 5.91 Å². The highest BCUT2D eigenvalue weighted by molar-refractivity contribution is 5.82. The Morgan fingerprint density at radius 3 is 2.55 bits per heavy atom. The van der Waals surface area contributed by atoms with Crippen molar-refractivity contribution < 1.29 is 9.53 Å². The number of carbonyl (C=O) groups excluding carboxylic acids is 1. The topological polar surface area (TPSA) is 51.2 Å². The Morgan fingerprint density at radius 2 is 1.95 bits per heavy atom. The van der Waals surface area contributed by atoms with Crippen molar-refractivity contribution in [3.8, 4) is 0 Å². The highest BCUT2D eigenvalue weighted by Crippen LogP contribution is 2.46. The fraction of sp³-hybridized carbons (Fsp3) is 0.333. The van der Waals surface area contributed by atoms with Crippen LogP contribution in [0.1, 0.15) is 30.2 Å². The second-order valence-corrected chi connectivity index (χ2v) is 5.74. The van der Waals surface area contributed by atoms with Gasteiger partial charge >= 0.3 is 0 Å². The number of ether oxygens (including phenoxy) is 1. The molecule has 1 aromatic heterocycles. The summed E-state index contributed by atoms with van der Waals surface area (Å²) in [6, 6.07) is 15.5. The maximum Gasteiger partial charge on any atom is 0.253 e. The normalized spacial score (nSPS) is 16.8. The minimum Gasteiger partial charge on any atom is -0.367 e. The summed E-state index contributed by atoms with van der Waals surface area (Å²) in [5.74, 6) is -0.101. The van der Waals surface area contributed by atoms with E-state index in [0.717, 1.165) is 24.1 Å². The van der Waals surface area contributed by atoms with Gasteiger partial charge in [0.1, 0.15) is 0 Å². The molecule has 0 radical (unpaired) electrons. The minimum absolute atomic E-state index is 0.00585. The van der Waals surface area contributed by atoms with Gasteiger partial charge in [-0.15, -0.1) is 0 Å². The summed E-state index contributed by atoms with van der Waals surface area (Å²) >= 11 is 0. The van der Waals surface area contributed by atoms with Gasteiger partial charge in [0.2, 0.25) is 0 Å². The summed E-state index contributed by atoms with van der Waals surface area (Å²) in [6.45, 7) is 0.607. The molecule has 114 valence electrons. The summed E-state index contributed by atoms with van der Waals surface area (Å²) in [6.07, 6.45) is 3.36. The minimum atomic E-state index is -0.569. The van der Waals surface area contributed by atoms with Gasteiger partial charge in [0, 0.05) is 31.0 Å². The molecule has 1 N–H and O–H groups in total. The lowest BCUT2D eigenvalue weighted by molar-refractivity contribution is -0.131. The predicted octanol–water partition coefficient (Wildman–Crippen LogP) is 2.62. The van der Waals surface area contributed by atoms with Crippen LogP contribution in [0.15, 0.2) is 54.7 Å². The van der Waals surface area contributed by atoms with Gasteiger partial charge in [0.15, 0.2) is 6.10 Å². The molecule has 3 rings (SSSR count). The number of benzene rings is 1. The van der Waals surface area contributed by atoms with Crippen molar-refractivity contribution in [3.05, 3.63) is 66.0 Å². The number of hydrogen-bond acceptors (Lipinski definition) is 3. The molecule has 1 heterocycles. The van der Waals surface area contributed by atoms with Gasteiger partial charge in [-0.1, -0.05) is 36.4 Å². The first-order chi connectivity index (χ1) is 10.7. The first kappa shape index (κ1) is 14.7. The van der Waals surface area contributed by atoms with Crippen molar-refractivity contribution in [2.45, 2.75) is 24.4 Å². The molecule has 4 nitrogen and oxygen atoms in total. The van der Waals surface area contributed by atoms with Gasteiger partial charge in [-0.3, -0.25) is 9.78 Å². The number of nitrogens with one attached hydrogen (secondary N) is 1. The summed E-state index contributed by atoms with van der Waals surface area (Å²) < 4.78 is 5.36. The predicted molar refractivity (Wildman–Crippen MR) is 84.4 cm³/mol. The smallest absolute Gasteiger partial charge is 0.253 e. The molecule has 1 atom stereocenters. The van der Waals surface area contributed by atoms with Crippen LogP contribution in [0.25, 0.3) is 0 Å². The average molecular weight is 296 g/mol. The Labute approximate surface area is 130 Å². The van der Waals surface area contributed by atoms with Crippen LogP contribution in [0.2, 0.25) is 0 Å². The zero-order chi connectivity index (χ0) is 15.4. The maximum absolute atomic E-state index is 12.4. The molecule has 22 heavy (non-hydrogen) atoms. The Morgan fingerprint density at radius 1 is 1.23 bits per heavy atom. The van der Waals surface area contributed by atoms with Crippen molar-refractivity contribution in [3.63, 3.8) is 0 Å². The second-order valence-electron chi connectivity index (χ2n) is 5.74. The molecule has 4 heteroatoms. The van der Waals surface area contributed by atoms with E-state index < -0.39 is 6.10 Å². The maximum atomic E-state index is 12.4. The molecular weight excluding hydrogens is 276 g/mol. The van der Waals surface area contributed by atoms with Gasteiger partial charge in [0.05, 0.1) is 0 Å². The van der Waals surface area contributed by atoms with Gasteiger partial charge in [-0.25, -0.2) is 0 Å². The van der Waals surface area contributed by atoms with Crippen LogP contribution in [0.5, 0.6) is 0 Å². The lowest BCUT2D eigenvalue weighted by Gasteiger charge is -2.19. The Balaban J connectivity index is 1.65. The quantitative estimate of drug-likeness (QED) is 0.891. The second kappa shape index (κ2) is 6.28. The van der Waals surface area contributed by atoms with E-state index in [1.807, 2.05) is 48.5 Å². The Kier molecular flexibility index (Phi) is 4.20. The SMILES string of the molecule is CO[C@@H](C(=O)NCC1(c2ccccn2)CC1)c1ccccc1. The number of aromatic nitrogens is 1. The molecule has 1 aromatic carbocycles. The largest absolute Gasteiger partial charge is 0.367 e. The highest BCUT2D eigenvalue weighted by atomic mass is 16.5. The van der Waals surface area contributed by atoms with Crippen molar-refractivity contribution in [2.75, 3.05) is 13.7 Å². The molecule has 2 aromatic rings. The molecule has 1 aliphatic carbocycles. The van der Waals surface area contributed by atoms with Crippen molar-refractivity contribution in [1.82, 2.24) is 10.3 Å². The number of carbonyl (C=O) groups is 1. The Bertz CT molecular complexity index is 624. The third-order valence-electron chi connectivity index (χ3n) is 4.24. The van der Waals surface area contributed by atoms with Gasteiger partial charge < -0.3 is 10.1 Å². The Hall–Kier alpha value is -2.20. The molecule has 0 spiro atoms. The fourth-order valence-electron chi connectivity index (χ4n) is 2.72. The van der Waals surface area contributed by atoms with Gasteiger partial charge in [-0.2, -0.15) is 0 Å². The number of rotatable bonds is 6. The number of amides is 1. The van der Waals surface area contributed by atoms with Gasteiger partial charge in [0.25, 0.3) is 5.91 Å². The standard InChI is InChI=1S/C18H20N2O2/c1-22-16(14-7-3-2-4-8-14)17(21)20-13-18(10-11-18)15-9-5-6-12-19-15/h2-9,12,16H,10-11,13H2,1H3,(H,20,21)/t16-/m1/s1. The monoisotopic (exact) mass is 296 g/mol. The third kappa shape index (κ3) is 3.02. The molecule has 0 saturated heterocycles. The third-order valence-corrected chi connectivity index (χ3v) is 4.24. The molecule has 1 amide bonds. The molecule has 1 aliphatic rings. The number of methoxy groups -OCH3 is 1. The van der Waals surface area contributed by atoms with Crippen LogP contribution in [-0.4, -0.2) is 24.5 Å². The zero-order valence-electron chi connectivity index (χ0n) is 12.7. The molecule has 1 saturated carbocycles. The first-order valence-electron chi connectivity index (χ1n) is 7.52. The van der Waals surface area contributed by atoms with Crippen LogP contribution >= 0.6 is 0 Å². The summed E-state index contributed by atoms with van der Waals surface area (Å²) in [4.78, 5) is 16.9. The molecule has 1 fully saturated rings. The van der Waals surface area contributed by atoms with Gasteiger partial charge in [-0.05, 0) is 30.5 Å². The van der Waals surface area contributed by atoms with Crippen LogP contribution in [-0.2, 0) is 14.9 Å². The van der Waals surface area contributed by atoms with Crippen LogP contribution in [0, 0.1) is 0 Å². The summed E-state index contributed by atoms with van der Waals surface area (Å²) in [5.41, 5.74) is 1.93. The lowest BCUT2D eigenvalue weighted by atomic mass is 10.0. The summed E-state index contributed by atoms with van der Waals surface area (Å²) in [5, 5.41) is 3.03. The van der Waals surface area contributed by atoms with E-state index in [2.05, 4.69) is 10.3 Å². The van der Waals surface area contributed by atoms with Crippen LogP contribution in [0.3, 0.4) is 0 Å². The molecule has 0 aliphatic heterocycles. The first-order valence-corrected chi connectivity index (χ1v) is 7.52. The van der Waals surface area contributed by atoms with E-state index in [1.165, 1.54) is 0 Å². The van der Waals surface area contributed by atoms with Crippen molar-refractivity contribution in [1.29, 1.82) is 0 Å². The van der Waals surface area contributed by atoms with E-state index in [1.54, 1.807) is 13.3 Å².